The van der Waals surface area contributed by atoms with E-state index in [1.807, 2.05) is 13.0 Å². The second-order valence-corrected chi connectivity index (χ2v) is 3.19. The minimum Gasteiger partial charge on any atom is -0.481 e. The number of aliphatic hydroxyl groups is 1. The van der Waals surface area contributed by atoms with Crippen molar-refractivity contribution in [1.29, 1.82) is 0 Å². The van der Waals surface area contributed by atoms with Gasteiger partial charge in [0.05, 0.1) is 13.0 Å². The van der Waals surface area contributed by atoms with Crippen LogP contribution in [0, 0.1) is 0 Å². The Morgan fingerprint density at radius 1 is 1.36 bits per heavy atom. The summed E-state index contributed by atoms with van der Waals surface area (Å²) in [7, 11) is 0. The largest absolute Gasteiger partial charge is 0.481 e. The fourth-order valence-electron chi connectivity index (χ4n) is 1.45. The average molecular weight is 194 g/mol. The van der Waals surface area contributed by atoms with E-state index in [2.05, 4.69) is 0 Å². The zero-order valence-electron chi connectivity index (χ0n) is 8.16. The maximum Gasteiger partial charge on any atom is 0.307 e. The molecule has 2 N–H and O–H groups in total. The molecule has 0 heterocycles. The van der Waals surface area contributed by atoms with Crippen LogP contribution in [-0.2, 0) is 24.2 Å². The summed E-state index contributed by atoms with van der Waals surface area (Å²) >= 11 is 0. The number of benzene rings is 1. The third kappa shape index (κ3) is 2.57. The Morgan fingerprint density at radius 3 is 2.57 bits per heavy atom. The maximum absolute atomic E-state index is 10.5. The second kappa shape index (κ2) is 4.77. The van der Waals surface area contributed by atoms with Crippen LogP contribution in [0.15, 0.2) is 18.2 Å². The van der Waals surface area contributed by atoms with E-state index < -0.39 is 5.97 Å². The number of aliphatic hydroxyl groups excluding tert-OH is 1. The van der Waals surface area contributed by atoms with Gasteiger partial charge in [-0.2, -0.15) is 0 Å². The first-order chi connectivity index (χ1) is 6.67. The fraction of sp³-hybridized carbons (Fsp3) is 0.364. The standard InChI is InChI=1S/C11H14O3/c1-2-9-5-8(6-11(13)14)3-4-10(9)7-12/h3-5,12H,2,6-7H2,1H3,(H,13,14). The Kier molecular flexibility index (Phi) is 3.65. The molecule has 0 aliphatic rings. The lowest BCUT2D eigenvalue weighted by molar-refractivity contribution is -0.136. The summed E-state index contributed by atoms with van der Waals surface area (Å²) in [6.45, 7) is 2.00. The third-order valence-electron chi connectivity index (χ3n) is 2.18. The number of aryl methyl sites for hydroxylation is 1. The summed E-state index contributed by atoms with van der Waals surface area (Å²) < 4.78 is 0. The number of carboxylic acid groups (broad SMARTS) is 1. The highest BCUT2D eigenvalue weighted by molar-refractivity contribution is 5.70. The van der Waals surface area contributed by atoms with Crippen molar-refractivity contribution in [2.24, 2.45) is 0 Å². The van der Waals surface area contributed by atoms with Crippen LogP contribution < -0.4 is 0 Å². The summed E-state index contributed by atoms with van der Waals surface area (Å²) in [6.07, 6.45) is 0.849. The van der Waals surface area contributed by atoms with Crippen molar-refractivity contribution >= 4 is 5.97 Å². The average Bonchev–Trinajstić information content (AvgIpc) is 2.16. The molecular formula is C11H14O3. The van der Waals surface area contributed by atoms with Crippen LogP contribution >= 0.6 is 0 Å². The maximum atomic E-state index is 10.5. The van der Waals surface area contributed by atoms with Gasteiger partial charge in [-0.1, -0.05) is 25.1 Å². The van der Waals surface area contributed by atoms with Gasteiger partial charge in [-0.05, 0) is 23.1 Å². The zero-order chi connectivity index (χ0) is 10.6. The highest BCUT2D eigenvalue weighted by atomic mass is 16.4. The molecule has 3 nitrogen and oxygen atoms in total. The first kappa shape index (κ1) is 10.7. The number of hydrogen-bond donors (Lipinski definition) is 2. The molecular weight excluding hydrogens is 180 g/mol. The minimum atomic E-state index is -0.830. The van der Waals surface area contributed by atoms with Gasteiger partial charge in [0.25, 0.3) is 0 Å². The molecule has 0 unspecified atom stereocenters. The summed E-state index contributed by atoms with van der Waals surface area (Å²) in [5.74, 6) is -0.830. The normalized spacial score (nSPS) is 10.1. The fourth-order valence-corrected chi connectivity index (χ4v) is 1.45. The first-order valence-corrected chi connectivity index (χ1v) is 4.60. The van der Waals surface area contributed by atoms with E-state index in [9.17, 15) is 4.79 Å². The van der Waals surface area contributed by atoms with E-state index >= 15 is 0 Å². The molecule has 14 heavy (non-hydrogen) atoms. The minimum absolute atomic E-state index is 0.0104. The van der Waals surface area contributed by atoms with Gasteiger partial charge in [-0.3, -0.25) is 4.79 Å². The van der Waals surface area contributed by atoms with Crippen LogP contribution in [0.4, 0.5) is 0 Å². The van der Waals surface area contributed by atoms with E-state index in [0.29, 0.717) is 0 Å². The van der Waals surface area contributed by atoms with Crippen molar-refractivity contribution in [1.82, 2.24) is 0 Å². The lowest BCUT2D eigenvalue weighted by Crippen LogP contribution is -2.02. The van der Waals surface area contributed by atoms with Crippen LogP contribution in [-0.4, -0.2) is 16.2 Å². The molecule has 0 radical (unpaired) electrons. The van der Waals surface area contributed by atoms with Crippen LogP contribution in [0.2, 0.25) is 0 Å². The van der Waals surface area contributed by atoms with Crippen molar-refractivity contribution in [3.05, 3.63) is 34.9 Å². The van der Waals surface area contributed by atoms with E-state index in [4.69, 9.17) is 10.2 Å². The van der Waals surface area contributed by atoms with Crippen molar-refractivity contribution in [2.75, 3.05) is 0 Å². The molecule has 1 rings (SSSR count). The lowest BCUT2D eigenvalue weighted by atomic mass is 10.0. The monoisotopic (exact) mass is 194 g/mol. The molecule has 3 heteroatoms. The summed E-state index contributed by atoms with van der Waals surface area (Å²) in [6, 6.07) is 5.38. The molecule has 0 aliphatic heterocycles. The Morgan fingerprint density at radius 2 is 2.07 bits per heavy atom. The molecule has 0 aliphatic carbocycles. The molecule has 1 aromatic rings. The number of carboxylic acids is 1. The number of carbonyl (C=O) groups is 1. The van der Waals surface area contributed by atoms with Crippen molar-refractivity contribution in [3.63, 3.8) is 0 Å². The van der Waals surface area contributed by atoms with Gasteiger partial charge in [-0.25, -0.2) is 0 Å². The summed E-state index contributed by atoms with van der Waals surface area (Å²) in [5.41, 5.74) is 2.68. The van der Waals surface area contributed by atoms with Gasteiger partial charge in [0.1, 0.15) is 0 Å². The molecule has 0 atom stereocenters. The predicted molar refractivity (Wildman–Crippen MR) is 53.1 cm³/mol. The van der Waals surface area contributed by atoms with Crippen LogP contribution in [0.1, 0.15) is 23.6 Å². The predicted octanol–water partition coefficient (Wildman–Crippen LogP) is 1.37. The highest BCUT2D eigenvalue weighted by Gasteiger charge is 2.04. The van der Waals surface area contributed by atoms with E-state index in [-0.39, 0.29) is 13.0 Å². The van der Waals surface area contributed by atoms with Gasteiger partial charge < -0.3 is 10.2 Å². The SMILES string of the molecule is CCc1cc(CC(=O)O)ccc1CO. The number of hydrogen-bond acceptors (Lipinski definition) is 2. The number of aliphatic carboxylic acids is 1. The summed E-state index contributed by atoms with van der Waals surface area (Å²) in [5, 5.41) is 17.6. The third-order valence-corrected chi connectivity index (χ3v) is 2.18. The Labute approximate surface area is 83.0 Å². The van der Waals surface area contributed by atoms with E-state index in [1.165, 1.54) is 0 Å². The molecule has 0 aromatic heterocycles. The van der Waals surface area contributed by atoms with Crippen LogP contribution in [0.3, 0.4) is 0 Å². The first-order valence-electron chi connectivity index (χ1n) is 4.60. The summed E-state index contributed by atoms with van der Waals surface area (Å²) in [4.78, 5) is 10.5. The van der Waals surface area contributed by atoms with Crippen LogP contribution in [0.5, 0.6) is 0 Å². The molecule has 76 valence electrons. The van der Waals surface area contributed by atoms with Crippen molar-refractivity contribution in [2.45, 2.75) is 26.4 Å². The molecule has 0 fully saturated rings. The topological polar surface area (TPSA) is 57.5 Å². The molecule has 0 saturated carbocycles. The Bertz CT molecular complexity index is 331. The molecule has 0 spiro atoms. The van der Waals surface area contributed by atoms with Crippen LogP contribution in [0.25, 0.3) is 0 Å². The lowest BCUT2D eigenvalue weighted by Gasteiger charge is -2.06. The smallest absolute Gasteiger partial charge is 0.307 e. The van der Waals surface area contributed by atoms with E-state index in [0.717, 1.165) is 23.1 Å². The molecule has 0 amide bonds. The quantitative estimate of drug-likeness (QED) is 0.761. The second-order valence-electron chi connectivity index (χ2n) is 3.19. The van der Waals surface area contributed by atoms with E-state index in [1.54, 1.807) is 12.1 Å². The molecule has 0 saturated heterocycles. The Balaban J connectivity index is 2.95. The number of rotatable bonds is 4. The zero-order valence-corrected chi connectivity index (χ0v) is 8.16. The van der Waals surface area contributed by atoms with Crippen molar-refractivity contribution in [3.8, 4) is 0 Å². The van der Waals surface area contributed by atoms with Gasteiger partial charge in [0.15, 0.2) is 0 Å². The Hall–Kier alpha value is -1.35. The van der Waals surface area contributed by atoms with Crippen molar-refractivity contribution < 1.29 is 15.0 Å². The van der Waals surface area contributed by atoms with Gasteiger partial charge in [-0.15, -0.1) is 0 Å². The van der Waals surface area contributed by atoms with Gasteiger partial charge in [0, 0.05) is 0 Å². The van der Waals surface area contributed by atoms with Gasteiger partial charge in [0.2, 0.25) is 0 Å². The molecule has 0 bridgehead atoms. The molecule has 1 aromatic carbocycles. The van der Waals surface area contributed by atoms with Gasteiger partial charge >= 0.3 is 5.97 Å². The highest BCUT2D eigenvalue weighted by Crippen LogP contribution is 2.13.